The molecule has 0 bridgehead atoms. The molecular weight excluding hydrogens is 200 g/mol. The number of carbonyl (C=O) groups is 1. The first-order chi connectivity index (χ1) is 7.70. The fraction of sp³-hybridized carbons (Fsp3) is 0.923. The van der Waals surface area contributed by atoms with Crippen molar-refractivity contribution >= 4 is 5.91 Å². The number of rotatable bonds is 5. The number of hydrogen-bond acceptors (Lipinski definition) is 2. The van der Waals surface area contributed by atoms with Gasteiger partial charge in [-0.2, -0.15) is 0 Å². The topological polar surface area (TPSA) is 46.3 Å². The monoisotopic (exact) mass is 226 g/mol. The zero-order valence-electron chi connectivity index (χ0n) is 10.7. The highest BCUT2D eigenvalue weighted by atomic mass is 16.2. The molecule has 3 heteroatoms. The summed E-state index contributed by atoms with van der Waals surface area (Å²) in [6, 6.07) is 0.488. The number of carbonyl (C=O) groups excluding carboxylic acids is 1. The highest BCUT2D eigenvalue weighted by molar-refractivity contribution is 5.78. The van der Waals surface area contributed by atoms with Crippen molar-refractivity contribution in [2.24, 2.45) is 11.7 Å². The van der Waals surface area contributed by atoms with Crippen molar-refractivity contribution in [1.29, 1.82) is 0 Å². The molecule has 0 aliphatic carbocycles. The van der Waals surface area contributed by atoms with Crippen LogP contribution < -0.4 is 5.73 Å². The van der Waals surface area contributed by atoms with Gasteiger partial charge in [-0.3, -0.25) is 4.79 Å². The SMILES string of the molecule is CCC1CCCCN1C(=O)C(C)CCCN. The highest BCUT2D eigenvalue weighted by Gasteiger charge is 2.27. The Morgan fingerprint density at radius 3 is 2.88 bits per heavy atom. The van der Waals surface area contributed by atoms with Crippen LogP contribution in [-0.2, 0) is 4.79 Å². The van der Waals surface area contributed by atoms with Crippen LogP contribution in [0.4, 0.5) is 0 Å². The van der Waals surface area contributed by atoms with Gasteiger partial charge < -0.3 is 10.6 Å². The summed E-state index contributed by atoms with van der Waals surface area (Å²) in [5.74, 6) is 0.496. The minimum atomic E-state index is 0.149. The second-order valence-electron chi connectivity index (χ2n) is 4.92. The largest absolute Gasteiger partial charge is 0.340 e. The molecule has 16 heavy (non-hydrogen) atoms. The molecular formula is C13H26N2O. The van der Waals surface area contributed by atoms with Crippen molar-refractivity contribution in [3.05, 3.63) is 0 Å². The molecule has 1 aliphatic rings. The van der Waals surface area contributed by atoms with Gasteiger partial charge in [0, 0.05) is 18.5 Å². The predicted molar refractivity (Wildman–Crippen MR) is 67.1 cm³/mol. The van der Waals surface area contributed by atoms with Crippen LogP contribution in [-0.4, -0.2) is 29.9 Å². The molecule has 1 saturated heterocycles. The predicted octanol–water partition coefficient (Wildman–Crippen LogP) is 2.15. The molecule has 1 amide bonds. The van der Waals surface area contributed by atoms with Gasteiger partial charge >= 0.3 is 0 Å². The molecule has 0 spiro atoms. The van der Waals surface area contributed by atoms with Crippen LogP contribution in [0.15, 0.2) is 0 Å². The maximum atomic E-state index is 12.3. The number of piperidine rings is 1. The van der Waals surface area contributed by atoms with E-state index in [1.165, 1.54) is 19.3 Å². The van der Waals surface area contributed by atoms with E-state index in [1.807, 2.05) is 6.92 Å². The highest BCUT2D eigenvalue weighted by Crippen LogP contribution is 2.22. The lowest BCUT2D eigenvalue weighted by Gasteiger charge is -2.37. The maximum absolute atomic E-state index is 12.3. The van der Waals surface area contributed by atoms with Gasteiger partial charge in [0.2, 0.25) is 5.91 Å². The molecule has 1 rings (SSSR count). The van der Waals surface area contributed by atoms with Gasteiger partial charge in [0.25, 0.3) is 0 Å². The number of nitrogens with zero attached hydrogens (tertiary/aromatic N) is 1. The third-order valence-electron chi connectivity index (χ3n) is 3.64. The van der Waals surface area contributed by atoms with E-state index in [0.717, 1.165) is 25.8 Å². The molecule has 0 aromatic carbocycles. The lowest BCUT2D eigenvalue weighted by molar-refractivity contribution is -0.139. The Bertz CT molecular complexity index is 218. The molecule has 0 aromatic heterocycles. The molecule has 3 nitrogen and oxygen atoms in total. The summed E-state index contributed by atoms with van der Waals surface area (Å²) in [5.41, 5.74) is 5.48. The Labute approximate surface area is 99.4 Å². The minimum absolute atomic E-state index is 0.149. The number of amides is 1. The van der Waals surface area contributed by atoms with Crippen molar-refractivity contribution in [2.75, 3.05) is 13.1 Å². The van der Waals surface area contributed by atoms with Crippen LogP contribution in [0.5, 0.6) is 0 Å². The first kappa shape index (κ1) is 13.5. The molecule has 1 aliphatic heterocycles. The zero-order valence-corrected chi connectivity index (χ0v) is 10.7. The number of nitrogens with two attached hydrogens (primary N) is 1. The zero-order chi connectivity index (χ0) is 12.0. The standard InChI is InChI=1S/C13H26N2O/c1-3-12-8-4-5-10-15(12)13(16)11(2)7-6-9-14/h11-12H,3-10,14H2,1-2H3. The Morgan fingerprint density at radius 2 is 2.25 bits per heavy atom. The van der Waals surface area contributed by atoms with Crippen molar-refractivity contribution in [3.8, 4) is 0 Å². The lowest BCUT2D eigenvalue weighted by atomic mass is 9.96. The van der Waals surface area contributed by atoms with Crippen molar-refractivity contribution in [2.45, 2.75) is 58.4 Å². The normalized spacial score (nSPS) is 23.2. The molecule has 2 N–H and O–H groups in total. The molecule has 0 saturated carbocycles. The summed E-state index contributed by atoms with van der Waals surface area (Å²) < 4.78 is 0. The van der Waals surface area contributed by atoms with Gasteiger partial charge in [0.05, 0.1) is 0 Å². The van der Waals surface area contributed by atoms with Crippen LogP contribution in [0.25, 0.3) is 0 Å². The first-order valence-corrected chi connectivity index (χ1v) is 6.71. The third kappa shape index (κ3) is 3.48. The number of likely N-dealkylation sites (tertiary alicyclic amines) is 1. The quantitative estimate of drug-likeness (QED) is 0.781. The molecule has 0 radical (unpaired) electrons. The molecule has 1 heterocycles. The van der Waals surface area contributed by atoms with Crippen molar-refractivity contribution < 1.29 is 4.79 Å². The first-order valence-electron chi connectivity index (χ1n) is 6.71. The molecule has 2 unspecified atom stereocenters. The van der Waals surface area contributed by atoms with E-state index in [2.05, 4.69) is 11.8 Å². The Kier molecular flexibility index (Phi) is 5.81. The average Bonchev–Trinajstić information content (AvgIpc) is 2.34. The third-order valence-corrected chi connectivity index (χ3v) is 3.64. The summed E-state index contributed by atoms with van der Waals surface area (Å²) in [7, 11) is 0. The van der Waals surface area contributed by atoms with Crippen molar-refractivity contribution in [1.82, 2.24) is 4.90 Å². The fourth-order valence-electron chi connectivity index (χ4n) is 2.55. The summed E-state index contributed by atoms with van der Waals surface area (Å²) >= 11 is 0. The van der Waals surface area contributed by atoms with Gasteiger partial charge in [0.1, 0.15) is 0 Å². The van der Waals surface area contributed by atoms with Gasteiger partial charge in [-0.25, -0.2) is 0 Å². The van der Waals surface area contributed by atoms with Crippen LogP contribution in [0.2, 0.25) is 0 Å². The average molecular weight is 226 g/mol. The second kappa shape index (κ2) is 6.89. The van der Waals surface area contributed by atoms with Gasteiger partial charge in [-0.05, 0) is 45.1 Å². The van der Waals surface area contributed by atoms with E-state index in [0.29, 0.717) is 18.5 Å². The summed E-state index contributed by atoms with van der Waals surface area (Å²) in [6.07, 6.45) is 6.62. The van der Waals surface area contributed by atoms with Crippen LogP contribution in [0, 0.1) is 5.92 Å². The summed E-state index contributed by atoms with van der Waals surface area (Å²) in [5, 5.41) is 0. The molecule has 1 fully saturated rings. The Morgan fingerprint density at radius 1 is 1.50 bits per heavy atom. The van der Waals surface area contributed by atoms with Crippen LogP contribution in [0.3, 0.4) is 0 Å². The Hall–Kier alpha value is -0.570. The van der Waals surface area contributed by atoms with Crippen molar-refractivity contribution in [3.63, 3.8) is 0 Å². The molecule has 0 aromatic rings. The van der Waals surface area contributed by atoms with Gasteiger partial charge in [-0.1, -0.05) is 13.8 Å². The maximum Gasteiger partial charge on any atom is 0.225 e. The number of hydrogen-bond donors (Lipinski definition) is 1. The van der Waals surface area contributed by atoms with E-state index in [1.54, 1.807) is 0 Å². The second-order valence-corrected chi connectivity index (χ2v) is 4.92. The van der Waals surface area contributed by atoms with E-state index >= 15 is 0 Å². The summed E-state index contributed by atoms with van der Waals surface area (Å²) in [6.45, 7) is 5.87. The molecule has 94 valence electrons. The lowest BCUT2D eigenvalue weighted by Crippen LogP contribution is -2.45. The van der Waals surface area contributed by atoms with E-state index in [9.17, 15) is 4.79 Å². The van der Waals surface area contributed by atoms with E-state index in [4.69, 9.17) is 5.73 Å². The van der Waals surface area contributed by atoms with E-state index in [-0.39, 0.29) is 5.92 Å². The van der Waals surface area contributed by atoms with Crippen LogP contribution >= 0.6 is 0 Å². The van der Waals surface area contributed by atoms with E-state index < -0.39 is 0 Å². The Balaban J connectivity index is 2.49. The minimum Gasteiger partial charge on any atom is -0.340 e. The van der Waals surface area contributed by atoms with Crippen LogP contribution in [0.1, 0.15) is 52.4 Å². The fourth-order valence-corrected chi connectivity index (χ4v) is 2.55. The van der Waals surface area contributed by atoms with Gasteiger partial charge in [-0.15, -0.1) is 0 Å². The molecule has 2 atom stereocenters. The smallest absolute Gasteiger partial charge is 0.225 e. The summed E-state index contributed by atoms with van der Waals surface area (Å²) in [4.78, 5) is 14.4. The van der Waals surface area contributed by atoms with Gasteiger partial charge in [0.15, 0.2) is 0 Å².